The molecule has 350 valence electrons. The molecule has 11 nitrogen and oxygen atoms in total. The second-order valence-electron chi connectivity index (χ2n) is 20.5. The number of aliphatic hydroxyl groups is 2. The summed E-state index contributed by atoms with van der Waals surface area (Å²) in [6.45, 7) is 10.7. The number of hydroxylamine groups is 2. The van der Waals surface area contributed by atoms with E-state index in [4.69, 9.17) is 4.84 Å². The third kappa shape index (κ3) is 11.9. The molecule has 2 amide bonds. The summed E-state index contributed by atoms with van der Waals surface area (Å²) in [6, 6.07) is 34.4. The van der Waals surface area contributed by atoms with Crippen LogP contribution in [0.3, 0.4) is 0 Å². The van der Waals surface area contributed by atoms with Gasteiger partial charge >= 0.3 is 0 Å². The molecule has 8 rings (SSSR count). The van der Waals surface area contributed by atoms with Crippen molar-refractivity contribution in [1.29, 1.82) is 0 Å². The van der Waals surface area contributed by atoms with Crippen molar-refractivity contribution in [2.24, 2.45) is 29.1 Å². The van der Waals surface area contributed by atoms with Crippen molar-refractivity contribution >= 4 is 11.8 Å². The van der Waals surface area contributed by atoms with Gasteiger partial charge in [-0.15, -0.1) is 0 Å². The third-order valence-electron chi connectivity index (χ3n) is 14.7. The third-order valence-corrected chi connectivity index (χ3v) is 14.7. The first kappa shape index (κ1) is 48.5. The largest absolute Gasteiger partial charge is 0.394 e. The Balaban J connectivity index is 1.16. The monoisotopic (exact) mass is 887 g/mol. The van der Waals surface area contributed by atoms with E-state index >= 15 is 0 Å². The summed E-state index contributed by atoms with van der Waals surface area (Å²) in [5.41, 5.74) is 7.00. The van der Waals surface area contributed by atoms with Crippen LogP contribution in [0.5, 0.6) is 0 Å². The van der Waals surface area contributed by atoms with Crippen LogP contribution in [-0.4, -0.2) is 121 Å². The standard InChI is InChI=1S/C54H74N6O5/c1-35-47-28-44(54(47,3)4)29-48(35)57-53(64)51-50(36(2)62)49(34-61)65-60(51)31-39-20-15-21-41(22-39)42-23-40(30-55-45(32-58(5)6)25-37-16-11-9-12-17-37)24-43(27-42)52(63)56-46(33-59(7)8)26-38-18-13-10-14-19-38/h9-24,27,35-36,44-51,55,61-62H,25-26,28-34H2,1-8H3,(H,56,63)(H,57,64)/t35-,36-,44+,45-,46-,47-,48-,49-,50+,51-/m0/s1. The molecule has 0 unspecified atom stereocenters. The van der Waals surface area contributed by atoms with Gasteiger partial charge in [0.2, 0.25) is 5.91 Å². The Kier molecular flexibility index (Phi) is 16.0. The molecule has 5 N–H and O–H groups in total. The molecule has 0 aromatic heterocycles. The topological polar surface area (TPSA) is 130 Å². The minimum Gasteiger partial charge on any atom is -0.394 e. The van der Waals surface area contributed by atoms with Crippen LogP contribution in [0.1, 0.15) is 73.1 Å². The van der Waals surface area contributed by atoms with Crippen molar-refractivity contribution in [3.8, 4) is 11.1 Å². The van der Waals surface area contributed by atoms with Crippen molar-refractivity contribution in [3.63, 3.8) is 0 Å². The van der Waals surface area contributed by atoms with Gasteiger partial charge in [0.1, 0.15) is 12.1 Å². The van der Waals surface area contributed by atoms with Crippen molar-refractivity contribution in [1.82, 2.24) is 30.8 Å². The average Bonchev–Trinajstić information content (AvgIpc) is 3.65. The summed E-state index contributed by atoms with van der Waals surface area (Å²) in [5, 5.41) is 33.7. The highest BCUT2D eigenvalue weighted by Crippen LogP contribution is 2.61. The number of rotatable bonds is 20. The molecule has 0 spiro atoms. The zero-order chi connectivity index (χ0) is 46.4. The van der Waals surface area contributed by atoms with Gasteiger partial charge in [0.15, 0.2) is 0 Å². The number of aliphatic hydroxyl groups excluding tert-OH is 2. The Labute approximate surface area is 387 Å². The predicted octanol–water partition coefficient (Wildman–Crippen LogP) is 6.18. The number of benzene rings is 4. The molecule has 65 heavy (non-hydrogen) atoms. The summed E-state index contributed by atoms with van der Waals surface area (Å²) >= 11 is 0. The Hall–Kier alpha value is -4.46. The summed E-state index contributed by atoms with van der Waals surface area (Å²) in [7, 11) is 8.23. The van der Waals surface area contributed by atoms with Crippen molar-refractivity contribution in [3.05, 3.63) is 131 Å². The van der Waals surface area contributed by atoms with Crippen LogP contribution >= 0.6 is 0 Å². The Morgan fingerprint density at radius 2 is 1.42 bits per heavy atom. The summed E-state index contributed by atoms with van der Waals surface area (Å²) < 4.78 is 0. The van der Waals surface area contributed by atoms with E-state index in [0.29, 0.717) is 42.8 Å². The Morgan fingerprint density at radius 1 is 0.800 bits per heavy atom. The molecule has 1 saturated heterocycles. The highest BCUT2D eigenvalue weighted by atomic mass is 16.7. The van der Waals surface area contributed by atoms with E-state index in [1.807, 2.05) is 68.7 Å². The first-order chi connectivity index (χ1) is 31.1. The highest BCUT2D eigenvalue weighted by Gasteiger charge is 2.57. The van der Waals surface area contributed by atoms with Crippen molar-refractivity contribution < 1.29 is 24.6 Å². The van der Waals surface area contributed by atoms with Crippen LogP contribution in [0, 0.1) is 29.1 Å². The van der Waals surface area contributed by atoms with E-state index in [0.717, 1.165) is 47.2 Å². The lowest BCUT2D eigenvalue weighted by Gasteiger charge is -2.62. The fraction of sp³-hybridized carbons (Fsp3) is 0.519. The fourth-order valence-corrected chi connectivity index (χ4v) is 11.2. The van der Waals surface area contributed by atoms with Crippen LogP contribution in [-0.2, 0) is 35.6 Å². The zero-order valence-corrected chi connectivity index (χ0v) is 39.9. The molecule has 1 aliphatic heterocycles. The van der Waals surface area contributed by atoms with Gasteiger partial charge in [-0.25, -0.2) is 0 Å². The van der Waals surface area contributed by atoms with Crippen molar-refractivity contribution in [2.45, 2.75) is 103 Å². The maximum absolute atomic E-state index is 14.4. The normalized spacial score (nSPS) is 25.2. The number of nitrogens with zero attached hydrogens (tertiary/aromatic N) is 3. The Morgan fingerprint density at radius 3 is 2.02 bits per heavy atom. The number of likely N-dealkylation sites (N-methyl/N-ethyl adjacent to an activating group) is 2. The quantitative estimate of drug-likeness (QED) is 0.0708. The van der Waals surface area contributed by atoms with Gasteiger partial charge < -0.3 is 36.0 Å². The minimum atomic E-state index is -0.883. The Bertz CT molecular complexity index is 2180. The van der Waals surface area contributed by atoms with Crippen LogP contribution in [0.4, 0.5) is 0 Å². The lowest BCUT2D eigenvalue weighted by Crippen LogP contribution is -2.62. The SMILES string of the molecule is C[C@@H]1[C@@H](NC(=O)[C@@H]2[C@H]([C@H](C)O)[C@H](CO)ON2Cc2cccc(-c3cc(CN[C@@H](Cc4ccccc4)CN(C)C)cc(C(=O)N[C@@H](Cc4ccccc4)CN(C)C)c3)c2)C[C@H]2C[C@@H]1C2(C)C. The van der Waals surface area contributed by atoms with Crippen LogP contribution in [0.2, 0.25) is 0 Å². The molecule has 3 aliphatic carbocycles. The molecule has 3 saturated carbocycles. The molecule has 4 aliphatic rings. The smallest absolute Gasteiger partial charge is 0.251 e. The van der Waals surface area contributed by atoms with Crippen LogP contribution < -0.4 is 16.0 Å². The lowest BCUT2D eigenvalue weighted by atomic mass is 9.45. The number of amides is 2. The summed E-state index contributed by atoms with van der Waals surface area (Å²) in [5.74, 6) is 0.561. The molecule has 10 atom stereocenters. The number of fused-ring (bicyclic) bond motifs is 2. The van der Waals surface area contributed by atoms with E-state index in [-0.39, 0.29) is 48.5 Å². The van der Waals surface area contributed by atoms with Gasteiger partial charge in [-0.05, 0) is 142 Å². The molecule has 2 bridgehead atoms. The fourth-order valence-electron chi connectivity index (χ4n) is 11.2. The highest BCUT2D eigenvalue weighted by molar-refractivity contribution is 5.96. The first-order valence-electron chi connectivity index (χ1n) is 23.8. The van der Waals surface area contributed by atoms with Gasteiger partial charge in [-0.2, -0.15) is 5.06 Å². The maximum atomic E-state index is 14.4. The van der Waals surface area contributed by atoms with E-state index in [1.54, 1.807) is 12.0 Å². The lowest BCUT2D eigenvalue weighted by molar-refractivity contribution is -0.183. The van der Waals surface area contributed by atoms with Crippen LogP contribution in [0.25, 0.3) is 11.1 Å². The zero-order valence-electron chi connectivity index (χ0n) is 39.9. The van der Waals surface area contributed by atoms with Crippen molar-refractivity contribution in [2.75, 3.05) is 47.9 Å². The van der Waals surface area contributed by atoms with E-state index in [1.165, 1.54) is 12.0 Å². The second kappa shape index (κ2) is 21.4. The molecular formula is C54H74N6O5. The number of carbonyl (C=O) groups is 2. The van der Waals surface area contributed by atoms with Crippen LogP contribution in [0.15, 0.2) is 103 Å². The average molecular weight is 887 g/mol. The van der Waals surface area contributed by atoms with E-state index in [2.05, 4.69) is 109 Å². The summed E-state index contributed by atoms with van der Waals surface area (Å²) in [4.78, 5) is 39.4. The second-order valence-corrected chi connectivity index (χ2v) is 20.5. The molecule has 4 fully saturated rings. The molecule has 4 aromatic carbocycles. The molecule has 0 radical (unpaired) electrons. The number of nitrogens with one attached hydrogen (secondary N) is 3. The molecular weight excluding hydrogens is 813 g/mol. The predicted molar refractivity (Wildman–Crippen MR) is 259 cm³/mol. The van der Waals surface area contributed by atoms with Gasteiger partial charge in [-0.1, -0.05) is 99.6 Å². The molecule has 11 heteroatoms. The molecule has 4 aromatic rings. The summed E-state index contributed by atoms with van der Waals surface area (Å²) in [6.07, 6.45) is 2.11. The number of carbonyl (C=O) groups excluding carboxylic acids is 2. The van der Waals surface area contributed by atoms with Gasteiger partial charge in [-0.3, -0.25) is 14.4 Å². The minimum absolute atomic E-state index is 0.0495. The first-order valence-corrected chi connectivity index (χ1v) is 23.8. The van der Waals surface area contributed by atoms with E-state index < -0.39 is 24.2 Å². The van der Waals surface area contributed by atoms with Gasteiger partial charge in [0.05, 0.1) is 19.3 Å². The maximum Gasteiger partial charge on any atom is 0.251 e. The van der Waals surface area contributed by atoms with Gasteiger partial charge in [0, 0.05) is 49.2 Å². The number of hydrogen-bond acceptors (Lipinski definition) is 9. The molecule has 1 heterocycles. The number of hydrogen-bond donors (Lipinski definition) is 5. The van der Waals surface area contributed by atoms with E-state index in [9.17, 15) is 19.8 Å². The van der Waals surface area contributed by atoms with Gasteiger partial charge in [0.25, 0.3) is 5.91 Å².